The number of hydrogen-bond donors (Lipinski definition) is 2. The fourth-order valence-corrected chi connectivity index (χ4v) is 7.19. The van der Waals surface area contributed by atoms with Crippen molar-refractivity contribution in [2.45, 2.75) is 82.7 Å². The average molecular weight is 560 g/mol. The molecule has 3 heterocycles. The second-order valence-corrected chi connectivity index (χ2v) is 12.4. The van der Waals surface area contributed by atoms with E-state index in [1.54, 1.807) is 12.1 Å². The molecular weight excluding hydrogens is 521 g/mol. The number of hydrogen-bond acceptors (Lipinski definition) is 4. The number of amides is 3. The van der Waals surface area contributed by atoms with Crippen LogP contribution in [-0.2, 0) is 25.7 Å². The first kappa shape index (κ1) is 27.6. The van der Waals surface area contributed by atoms with Crippen LogP contribution >= 0.6 is 0 Å². The second kappa shape index (κ2) is 10.7. The lowest BCUT2D eigenvalue weighted by Gasteiger charge is -2.36. The largest absolute Gasteiger partial charge is 0.359 e. The smallest absolute Gasteiger partial charge is 0.246 e. The number of carbonyl (C=O) groups is 3. The molecule has 2 bridgehead atoms. The topological polar surface area (TPSA) is 87.7 Å². The molecule has 1 aliphatic carbocycles. The Balaban J connectivity index is 1.30. The van der Waals surface area contributed by atoms with E-state index in [1.807, 2.05) is 36.4 Å². The number of rotatable bonds is 7. The van der Waals surface area contributed by atoms with E-state index >= 15 is 0 Å². The zero-order valence-corrected chi connectivity index (χ0v) is 23.8. The summed E-state index contributed by atoms with van der Waals surface area (Å²) < 4.78 is 20.1. The lowest BCUT2D eigenvalue weighted by atomic mass is 9.74. The maximum absolute atomic E-state index is 14.2. The molecule has 8 heteroatoms. The number of carbonyl (C=O) groups excluding carboxylic acids is 3. The van der Waals surface area contributed by atoms with Crippen LogP contribution < -0.4 is 10.6 Å². The van der Waals surface area contributed by atoms with Crippen molar-refractivity contribution in [3.63, 3.8) is 0 Å². The third kappa shape index (κ3) is 4.86. The lowest BCUT2D eigenvalue weighted by Crippen LogP contribution is -2.57. The van der Waals surface area contributed by atoms with Gasteiger partial charge in [0.25, 0.3) is 0 Å². The summed E-state index contributed by atoms with van der Waals surface area (Å²) in [7, 11) is 0. The summed E-state index contributed by atoms with van der Waals surface area (Å²) >= 11 is 0. The molecule has 216 valence electrons. The van der Waals surface area contributed by atoms with Crippen molar-refractivity contribution < 1.29 is 23.5 Å². The zero-order chi connectivity index (χ0) is 28.9. The Kier molecular flexibility index (Phi) is 7.22. The van der Waals surface area contributed by atoms with E-state index in [9.17, 15) is 18.8 Å². The van der Waals surface area contributed by atoms with Gasteiger partial charge in [0.1, 0.15) is 17.5 Å². The molecule has 0 aromatic heterocycles. The highest BCUT2D eigenvalue weighted by molar-refractivity contribution is 6.02. The van der Waals surface area contributed by atoms with Gasteiger partial charge in [0, 0.05) is 18.3 Å². The first-order valence-corrected chi connectivity index (χ1v) is 14.8. The van der Waals surface area contributed by atoms with Crippen LogP contribution in [-0.4, -0.2) is 46.4 Å². The molecule has 1 spiro atoms. The first-order valence-electron chi connectivity index (χ1n) is 14.8. The maximum atomic E-state index is 14.2. The molecule has 1 saturated carbocycles. The number of anilines is 1. The molecule has 3 fully saturated rings. The summed E-state index contributed by atoms with van der Waals surface area (Å²) in [6.45, 7) is 6.48. The summed E-state index contributed by atoms with van der Waals surface area (Å²) in [5.41, 5.74) is 1.27. The Labute approximate surface area is 240 Å². The Morgan fingerprint density at radius 2 is 1.76 bits per heavy atom. The van der Waals surface area contributed by atoms with E-state index in [2.05, 4.69) is 31.4 Å². The van der Waals surface area contributed by atoms with Crippen LogP contribution in [0.4, 0.5) is 10.1 Å². The van der Waals surface area contributed by atoms with E-state index in [4.69, 9.17) is 4.74 Å². The summed E-state index contributed by atoms with van der Waals surface area (Å²) in [5.74, 6) is -2.16. The normalized spacial score (nSPS) is 31.9. The van der Waals surface area contributed by atoms with Crippen molar-refractivity contribution in [2.24, 2.45) is 17.8 Å². The summed E-state index contributed by atoms with van der Waals surface area (Å²) in [6, 6.07) is 12.7. The quantitative estimate of drug-likeness (QED) is 0.471. The standard InChI is InChI=1S/C33H38FN3O4/c1-19(2)22-10-14-24(15-11-22)35-30(38)27-26-16-17-33(41-26)28(27)32(40)37(18-21-8-12-23(34)13-9-21)29(33)31(39)36-25-7-5-4-6-20(25)3/h8-17,19-20,25-29H,4-7,18H2,1-3H3,(H,35,38)(H,36,39)/t20?,25?,26-,27?,28-,29?,33?/m0/s1. The van der Waals surface area contributed by atoms with E-state index in [0.29, 0.717) is 23.1 Å². The number of nitrogens with one attached hydrogen (secondary N) is 2. The lowest BCUT2D eigenvalue weighted by molar-refractivity contribution is -0.142. The van der Waals surface area contributed by atoms with Crippen molar-refractivity contribution in [3.05, 3.63) is 77.6 Å². The van der Waals surface area contributed by atoms with Crippen LogP contribution in [0.2, 0.25) is 0 Å². The number of ether oxygens (including phenoxy) is 1. The molecule has 7 atom stereocenters. The average Bonchev–Trinajstić information content (AvgIpc) is 3.59. The minimum Gasteiger partial charge on any atom is -0.359 e. The van der Waals surface area contributed by atoms with Gasteiger partial charge < -0.3 is 20.3 Å². The number of likely N-dealkylation sites (tertiary alicyclic amines) is 1. The van der Waals surface area contributed by atoms with E-state index in [1.165, 1.54) is 17.0 Å². The third-order valence-electron chi connectivity index (χ3n) is 9.48. The SMILES string of the molecule is CC(C)c1ccc(NC(=O)C2[C@@H]3C=CC4(O3)C(C(=O)NC3CCCCC3C)N(Cc3ccc(F)cc3)C(=O)[C@H]24)cc1. The van der Waals surface area contributed by atoms with Gasteiger partial charge >= 0.3 is 0 Å². The molecule has 2 aromatic rings. The molecule has 7 nitrogen and oxygen atoms in total. The van der Waals surface area contributed by atoms with E-state index in [-0.39, 0.29) is 36.1 Å². The van der Waals surface area contributed by atoms with Gasteiger partial charge in [-0.25, -0.2) is 4.39 Å². The highest BCUT2D eigenvalue weighted by Crippen LogP contribution is 2.55. The van der Waals surface area contributed by atoms with E-state index in [0.717, 1.165) is 31.2 Å². The minimum atomic E-state index is -1.24. The fourth-order valence-electron chi connectivity index (χ4n) is 7.19. The van der Waals surface area contributed by atoms with Crippen molar-refractivity contribution in [1.82, 2.24) is 10.2 Å². The summed E-state index contributed by atoms with van der Waals surface area (Å²) in [4.78, 5) is 43.5. The number of benzene rings is 2. The van der Waals surface area contributed by atoms with Crippen LogP contribution in [0.15, 0.2) is 60.7 Å². The highest BCUT2D eigenvalue weighted by Gasteiger charge is 2.72. The van der Waals surface area contributed by atoms with Crippen LogP contribution in [0.25, 0.3) is 0 Å². The van der Waals surface area contributed by atoms with Gasteiger partial charge in [-0.05, 0) is 60.1 Å². The predicted molar refractivity (Wildman–Crippen MR) is 153 cm³/mol. The molecule has 3 aliphatic heterocycles. The second-order valence-electron chi connectivity index (χ2n) is 12.4. The van der Waals surface area contributed by atoms with Gasteiger partial charge in [-0.1, -0.05) is 70.0 Å². The molecule has 41 heavy (non-hydrogen) atoms. The van der Waals surface area contributed by atoms with Crippen LogP contribution in [0.1, 0.15) is 63.5 Å². The minimum absolute atomic E-state index is 0.0185. The molecule has 4 aliphatic rings. The summed E-state index contributed by atoms with van der Waals surface area (Å²) in [6.07, 6.45) is 7.16. The Morgan fingerprint density at radius 1 is 1.05 bits per heavy atom. The molecule has 3 amide bonds. The first-order chi connectivity index (χ1) is 19.7. The van der Waals surface area contributed by atoms with Crippen molar-refractivity contribution in [2.75, 3.05) is 5.32 Å². The molecule has 2 saturated heterocycles. The van der Waals surface area contributed by atoms with Gasteiger partial charge in [-0.2, -0.15) is 0 Å². The Morgan fingerprint density at radius 3 is 2.44 bits per heavy atom. The zero-order valence-electron chi connectivity index (χ0n) is 23.8. The van der Waals surface area contributed by atoms with Crippen molar-refractivity contribution in [1.29, 1.82) is 0 Å². The summed E-state index contributed by atoms with van der Waals surface area (Å²) in [5, 5.41) is 6.22. The molecule has 2 N–H and O–H groups in total. The van der Waals surface area contributed by atoms with Gasteiger partial charge in [0.05, 0.1) is 17.9 Å². The number of fused-ring (bicyclic) bond motifs is 1. The third-order valence-corrected chi connectivity index (χ3v) is 9.48. The molecule has 2 aromatic carbocycles. The van der Waals surface area contributed by atoms with Crippen molar-refractivity contribution >= 4 is 23.4 Å². The maximum Gasteiger partial charge on any atom is 0.246 e. The molecule has 6 rings (SSSR count). The number of nitrogens with zero attached hydrogens (tertiary/aromatic N) is 1. The van der Waals surface area contributed by atoms with E-state index < -0.39 is 29.6 Å². The highest BCUT2D eigenvalue weighted by atomic mass is 19.1. The van der Waals surface area contributed by atoms with Crippen molar-refractivity contribution in [3.8, 4) is 0 Å². The van der Waals surface area contributed by atoms with Gasteiger partial charge in [-0.3, -0.25) is 14.4 Å². The monoisotopic (exact) mass is 559 g/mol. The molecule has 0 radical (unpaired) electrons. The molecular formula is C33H38FN3O4. The van der Waals surface area contributed by atoms with Gasteiger partial charge in [-0.15, -0.1) is 0 Å². The Bertz CT molecular complexity index is 1360. The van der Waals surface area contributed by atoms with Gasteiger partial charge in [0.15, 0.2) is 0 Å². The van der Waals surface area contributed by atoms with Gasteiger partial charge in [0.2, 0.25) is 17.7 Å². The predicted octanol–water partition coefficient (Wildman–Crippen LogP) is 4.93. The van der Waals surface area contributed by atoms with Crippen LogP contribution in [0, 0.1) is 23.6 Å². The Hall–Kier alpha value is -3.52. The number of halogens is 1. The van der Waals surface area contributed by atoms with Crippen LogP contribution in [0.5, 0.6) is 0 Å². The molecule has 5 unspecified atom stereocenters. The fraction of sp³-hybridized carbons (Fsp3) is 0.485. The van der Waals surface area contributed by atoms with Crippen LogP contribution in [0.3, 0.4) is 0 Å².